The normalized spacial score (nSPS) is 20.1. The van der Waals surface area contributed by atoms with E-state index in [1.54, 1.807) is 24.3 Å². The lowest BCUT2D eigenvalue weighted by Crippen LogP contribution is -2.50. The second-order valence-electron chi connectivity index (χ2n) is 14.8. The molecule has 6 heteroatoms. The van der Waals surface area contributed by atoms with E-state index in [1.165, 1.54) is 61.0 Å². The minimum absolute atomic E-state index is 0.000200. The van der Waals surface area contributed by atoms with E-state index in [0.717, 1.165) is 43.4 Å². The number of aliphatic carboxylic acids is 1. The lowest BCUT2D eigenvalue weighted by Gasteiger charge is -2.57. The van der Waals surface area contributed by atoms with Crippen molar-refractivity contribution < 1.29 is 14.7 Å². The van der Waals surface area contributed by atoms with Crippen LogP contribution >= 0.6 is 0 Å². The first-order valence-corrected chi connectivity index (χ1v) is 18.5. The van der Waals surface area contributed by atoms with Gasteiger partial charge in [-0.2, -0.15) is 0 Å². The molecule has 3 N–H and O–H groups in total. The van der Waals surface area contributed by atoms with Crippen LogP contribution in [0.3, 0.4) is 0 Å². The number of unbranched alkanes of at least 4 members (excludes halogenated alkanes) is 5. The van der Waals surface area contributed by atoms with Crippen LogP contribution in [-0.4, -0.2) is 29.2 Å². The number of para-hydroxylation sites is 1. The summed E-state index contributed by atoms with van der Waals surface area (Å²) in [6, 6.07) is 24.8. The fourth-order valence-corrected chi connectivity index (χ4v) is 8.15. The van der Waals surface area contributed by atoms with E-state index in [1.807, 2.05) is 12.1 Å². The first-order valence-electron chi connectivity index (χ1n) is 18.5. The summed E-state index contributed by atoms with van der Waals surface area (Å²) in [5.41, 5.74) is 7.74. The van der Waals surface area contributed by atoms with Crippen LogP contribution in [0.2, 0.25) is 0 Å². The van der Waals surface area contributed by atoms with Crippen molar-refractivity contribution in [3.63, 3.8) is 0 Å². The van der Waals surface area contributed by atoms with Gasteiger partial charge in [0.05, 0.1) is 5.57 Å². The molecular weight excluding hydrogens is 619 g/mol. The number of carboxylic acids is 1. The van der Waals surface area contributed by atoms with Crippen LogP contribution in [0.15, 0.2) is 102 Å². The van der Waals surface area contributed by atoms with Gasteiger partial charge in [-0.1, -0.05) is 108 Å². The highest BCUT2D eigenvalue weighted by Crippen LogP contribution is 2.62. The maximum absolute atomic E-state index is 13.6. The smallest absolute Gasteiger partial charge is 0.354 e. The molecule has 7 rings (SSSR count). The first-order chi connectivity index (χ1) is 24.2. The van der Waals surface area contributed by atoms with Gasteiger partial charge in [0.1, 0.15) is 0 Å². The van der Waals surface area contributed by atoms with Crippen LogP contribution in [0.25, 0.3) is 6.08 Å². The highest BCUT2D eigenvalue weighted by atomic mass is 16.4. The molecule has 1 amide bonds. The Hall–Kier alpha value is -4.71. The van der Waals surface area contributed by atoms with Crippen molar-refractivity contribution in [3.8, 4) is 0 Å². The van der Waals surface area contributed by atoms with E-state index >= 15 is 0 Å². The Morgan fingerprint density at radius 3 is 2.40 bits per heavy atom. The Bertz CT molecular complexity index is 1820. The molecule has 1 fully saturated rings. The van der Waals surface area contributed by atoms with Crippen molar-refractivity contribution in [1.82, 2.24) is 0 Å². The number of allylic oxidation sites excluding steroid dienone is 4. The molecule has 2 bridgehead atoms. The number of aryl methyl sites for hydroxylation is 2. The Morgan fingerprint density at radius 1 is 0.940 bits per heavy atom. The molecule has 3 aromatic carbocycles. The molecule has 1 aliphatic heterocycles. The predicted octanol–water partition coefficient (Wildman–Crippen LogP) is 10.3. The molecule has 2 unspecified atom stereocenters. The van der Waals surface area contributed by atoms with Gasteiger partial charge in [0, 0.05) is 23.6 Å². The summed E-state index contributed by atoms with van der Waals surface area (Å²) in [6.45, 7) is 7.63. The molecule has 0 radical (unpaired) electrons. The summed E-state index contributed by atoms with van der Waals surface area (Å²) in [5.74, 6) is -1.68. The monoisotopic (exact) mass is 669 g/mol. The zero-order valence-electron chi connectivity index (χ0n) is 29.8. The van der Waals surface area contributed by atoms with Gasteiger partial charge in [0.15, 0.2) is 5.71 Å². The van der Waals surface area contributed by atoms with E-state index in [-0.39, 0.29) is 16.9 Å². The first kappa shape index (κ1) is 35.1. The van der Waals surface area contributed by atoms with Gasteiger partial charge in [-0.25, -0.2) is 4.79 Å². The summed E-state index contributed by atoms with van der Waals surface area (Å²) in [6.07, 6.45) is 18.3. The number of nitrogens with one attached hydrogen (secondary N) is 2. The van der Waals surface area contributed by atoms with Gasteiger partial charge in [0.2, 0.25) is 0 Å². The number of carbonyl (C=O) groups excluding carboxylic acids is 1. The topological polar surface area (TPSA) is 93.5 Å². The number of carbonyl (C=O) groups is 2. The van der Waals surface area contributed by atoms with Crippen molar-refractivity contribution in [2.75, 3.05) is 16.8 Å². The zero-order chi connectivity index (χ0) is 35.3. The van der Waals surface area contributed by atoms with Crippen LogP contribution < -0.4 is 10.2 Å². The molecular formula is C44H51N3O3. The lowest BCUT2D eigenvalue weighted by atomic mass is 9.47. The van der Waals surface area contributed by atoms with Crippen LogP contribution in [-0.2, 0) is 22.4 Å². The minimum Gasteiger partial charge on any atom is -0.477 e. The van der Waals surface area contributed by atoms with Crippen LogP contribution in [0, 0.1) is 22.7 Å². The number of rotatable bonds is 14. The van der Waals surface area contributed by atoms with Gasteiger partial charge in [0.25, 0.3) is 5.91 Å². The molecule has 3 aliphatic carbocycles. The Kier molecular flexibility index (Phi) is 10.9. The van der Waals surface area contributed by atoms with Crippen molar-refractivity contribution in [2.45, 2.75) is 85.0 Å². The van der Waals surface area contributed by atoms with Crippen molar-refractivity contribution in [3.05, 3.63) is 118 Å². The fraction of sp³-hybridized carbons (Fsp3) is 0.386. The standard InChI is InChI=1S/C44H51N3O3/c1-4-5-6-7-8-10-14-30-19-23-35(24-20-30)47-26-13-15-33-27-31(21-25-39(33)47)18-22-32-28-36(38-29-37(32)44(38,2)3)40(41(45)43(49)50)42(48)46-34-16-11-9-12-17-34/h9,11-12,16-25,27-28,37-38,45H,4-8,10,13-15,26,29H2,1-3H3,(H,46,48)(H,49,50)/b22-18+,40-36+,45-41?. The number of carboxylic acid groups (broad SMARTS) is 1. The van der Waals surface area contributed by atoms with Crippen molar-refractivity contribution >= 4 is 40.7 Å². The second kappa shape index (κ2) is 15.5. The molecule has 6 nitrogen and oxygen atoms in total. The van der Waals surface area contributed by atoms with Gasteiger partial charge < -0.3 is 15.3 Å². The van der Waals surface area contributed by atoms with Gasteiger partial charge in [-0.3, -0.25) is 10.2 Å². The Balaban J connectivity index is 1.21. The van der Waals surface area contributed by atoms with Crippen molar-refractivity contribution in [2.24, 2.45) is 17.3 Å². The summed E-state index contributed by atoms with van der Waals surface area (Å²) in [7, 11) is 0. The largest absolute Gasteiger partial charge is 0.477 e. The molecule has 0 saturated heterocycles. The molecule has 2 atom stereocenters. The van der Waals surface area contributed by atoms with Gasteiger partial charge >= 0.3 is 5.97 Å². The molecule has 4 aliphatic rings. The number of hydrogen-bond acceptors (Lipinski definition) is 4. The van der Waals surface area contributed by atoms with Crippen molar-refractivity contribution in [1.29, 1.82) is 5.41 Å². The maximum atomic E-state index is 13.6. The SMILES string of the molecule is CCCCCCCCc1ccc(N2CCCc3cc(/C=C/C4=CC(=C(/C(=N)C(=O)O)C(=O)Nc5ccccc5)/C5CC4C5(C)C)ccc32)cc1. The van der Waals surface area contributed by atoms with Gasteiger partial charge in [-0.05, 0) is 114 Å². The average molecular weight is 670 g/mol. The van der Waals surface area contributed by atoms with E-state index in [0.29, 0.717) is 17.2 Å². The number of benzene rings is 3. The molecule has 3 aromatic rings. The second-order valence-corrected chi connectivity index (χ2v) is 14.8. The zero-order valence-corrected chi connectivity index (χ0v) is 29.8. The summed E-state index contributed by atoms with van der Waals surface area (Å²) < 4.78 is 0. The lowest BCUT2D eigenvalue weighted by molar-refractivity contribution is -0.129. The summed E-state index contributed by atoms with van der Waals surface area (Å²) in [5, 5.41) is 21.1. The third-order valence-corrected chi connectivity index (χ3v) is 11.1. The molecule has 50 heavy (non-hydrogen) atoms. The molecule has 0 aromatic heterocycles. The molecule has 0 spiro atoms. The summed E-state index contributed by atoms with van der Waals surface area (Å²) in [4.78, 5) is 28.1. The maximum Gasteiger partial charge on any atom is 0.354 e. The third-order valence-electron chi connectivity index (χ3n) is 11.1. The number of fused-ring (bicyclic) bond motifs is 2. The highest BCUT2D eigenvalue weighted by molar-refractivity contribution is 6.49. The third kappa shape index (κ3) is 7.55. The molecule has 260 valence electrons. The van der Waals surface area contributed by atoms with E-state index in [2.05, 4.69) is 85.6 Å². The van der Waals surface area contributed by atoms with E-state index < -0.39 is 17.6 Å². The molecule has 1 heterocycles. The number of nitrogens with zero attached hydrogens (tertiary/aromatic N) is 1. The quantitative estimate of drug-likeness (QED) is 0.0905. The van der Waals surface area contributed by atoms with E-state index in [4.69, 9.17) is 5.41 Å². The minimum atomic E-state index is -1.41. The fourth-order valence-electron chi connectivity index (χ4n) is 8.15. The van der Waals surface area contributed by atoms with Crippen LogP contribution in [0.5, 0.6) is 0 Å². The summed E-state index contributed by atoms with van der Waals surface area (Å²) >= 11 is 0. The average Bonchev–Trinajstić information content (AvgIpc) is 3.12. The van der Waals surface area contributed by atoms with E-state index in [9.17, 15) is 14.7 Å². The Morgan fingerprint density at radius 2 is 1.68 bits per heavy atom. The van der Waals surface area contributed by atoms with Gasteiger partial charge in [-0.15, -0.1) is 0 Å². The van der Waals surface area contributed by atoms with Crippen LogP contribution in [0.4, 0.5) is 17.1 Å². The van der Waals surface area contributed by atoms with Crippen LogP contribution in [0.1, 0.15) is 88.8 Å². The number of anilines is 3. The number of amides is 1. The Labute approximate surface area is 297 Å². The number of hydrogen-bond donors (Lipinski definition) is 3. The highest BCUT2D eigenvalue weighted by Gasteiger charge is 2.54. The molecule has 1 saturated carbocycles. The predicted molar refractivity (Wildman–Crippen MR) is 205 cm³/mol.